The maximum Gasteiger partial charge on any atom is 0.240 e. The predicted octanol–water partition coefficient (Wildman–Crippen LogP) is 1.17. The summed E-state index contributed by atoms with van der Waals surface area (Å²) < 4.78 is 5.34. The van der Waals surface area contributed by atoms with Gasteiger partial charge in [0, 0.05) is 13.0 Å². The molecule has 0 unspecified atom stereocenters. The highest BCUT2D eigenvalue weighted by atomic mass is 16.5. The lowest BCUT2D eigenvalue weighted by Gasteiger charge is -2.06. The van der Waals surface area contributed by atoms with Gasteiger partial charge >= 0.3 is 0 Å². The lowest BCUT2D eigenvalue weighted by atomic mass is 10.3. The average Bonchev–Trinajstić information content (AvgIpc) is 2.25. The summed E-state index contributed by atoms with van der Waals surface area (Å²) in [5, 5.41) is 2.61. The number of benzene rings is 1. The van der Waals surface area contributed by atoms with Crippen molar-refractivity contribution in [3.8, 4) is 5.75 Å². The van der Waals surface area contributed by atoms with Gasteiger partial charge in [-0.25, -0.2) is 4.79 Å². The first-order valence-corrected chi connectivity index (χ1v) is 4.77. The van der Waals surface area contributed by atoms with Crippen LogP contribution in [-0.2, 0) is 9.59 Å². The summed E-state index contributed by atoms with van der Waals surface area (Å²) in [6.07, 6.45) is 1.46. The first-order chi connectivity index (χ1) is 7.72. The molecule has 0 saturated carbocycles. The van der Waals surface area contributed by atoms with Crippen LogP contribution in [0.25, 0.3) is 0 Å². The summed E-state index contributed by atoms with van der Waals surface area (Å²) in [6, 6.07) is 6.77. The summed E-state index contributed by atoms with van der Waals surface area (Å²) in [7, 11) is 0. The lowest BCUT2D eigenvalue weighted by Crippen LogP contribution is -2.25. The molecule has 1 aromatic carbocycles. The minimum atomic E-state index is -0.0945. The second-order valence-electron chi connectivity index (χ2n) is 3.03. The molecule has 16 heavy (non-hydrogen) atoms. The van der Waals surface area contributed by atoms with Crippen LogP contribution in [0.2, 0.25) is 0 Å². The molecule has 84 valence electrons. The van der Waals surface area contributed by atoms with Crippen LogP contribution in [0.3, 0.4) is 0 Å². The number of aliphatic imine (C=N–C) groups is 1. The van der Waals surface area contributed by atoms with Crippen LogP contribution in [0.4, 0.5) is 5.69 Å². The van der Waals surface area contributed by atoms with E-state index in [4.69, 9.17) is 4.74 Å². The molecule has 0 fully saturated rings. The molecular weight excluding hydrogens is 208 g/mol. The van der Waals surface area contributed by atoms with Gasteiger partial charge in [-0.1, -0.05) is 6.07 Å². The van der Waals surface area contributed by atoms with Gasteiger partial charge in [-0.05, 0) is 12.1 Å². The minimum Gasteiger partial charge on any atom is -0.492 e. The van der Waals surface area contributed by atoms with Gasteiger partial charge in [0.2, 0.25) is 12.0 Å². The molecule has 5 nitrogen and oxygen atoms in total. The van der Waals surface area contributed by atoms with Crippen molar-refractivity contribution in [2.45, 2.75) is 6.92 Å². The third kappa shape index (κ3) is 4.39. The molecule has 0 bridgehead atoms. The van der Waals surface area contributed by atoms with E-state index in [0.717, 1.165) is 0 Å². The molecule has 5 heteroatoms. The Labute approximate surface area is 93.1 Å². The highest BCUT2D eigenvalue weighted by Crippen LogP contribution is 2.18. The smallest absolute Gasteiger partial charge is 0.240 e. The fourth-order valence-electron chi connectivity index (χ4n) is 1.09. The number of amides is 1. The summed E-state index contributed by atoms with van der Waals surface area (Å²) in [5.74, 6) is 0.504. The Morgan fingerprint density at radius 2 is 2.38 bits per heavy atom. The number of hydrogen-bond acceptors (Lipinski definition) is 4. The van der Waals surface area contributed by atoms with Crippen LogP contribution in [0, 0.1) is 0 Å². The number of nitrogens with zero attached hydrogens (tertiary/aromatic N) is 1. The molecule has 1 aromatic rings. The van der Waals surface area contributed by atoms with Crippen molar-refractivity contribution in [1.82, 2.24) is 5.32 Å². The summed E-state index contributed by atoms with van der Waals surface area (Å²) in [6.45, 7) is 2.25. The van der Waals surface area contributed by atoms with Crippen LogP contribution in [0.5, 0.6) is 5.75 Å². The van der Waals surface area contributed by atoms with E-state index in [9.17, 15) is 9.59 Å². The third-order valence-electron chi connectivity index (χ3n) is 1.74. The number of carbonyl (C=O) groups is 1. The lowest BCUT2D eigenvalue weighted by molar-refractivity contribution is -0.119. The van der Waals surface area contributed by atoms with E-state index >= 15 is 0 Å². The second kappa shape index (κ2) is 6.37. The Morgan fingerprint density at radius 3 is 3.06 bits per heavy atom. The van der Waals surface area contributed by atoms with Gasteiger partial charge in [0.1, 0.15) is 12.4 Å². The quantitative estimate of drug-likeness (QED) is 0.460. The average molecular weight is 220 g/mol. The molecule has 1 N–H and O–H groups in total. The molecule has 0 spiro atoms. The van der Waals surface area contributed by atoms with Crippen molar-refractivity contribution < 1.29 is 14.3 Å². The maximum absolute atomic E-state index is 10.6. The van der Waals surface area contributed by atoms with E-state index in [0.29, 0.717) is 24.6 Å². The maximum atomic E-state index is 10.6. The molecule has 0 radical (unpaired) electrons. The molecule has 0 saturated heterocycles. The van der Waals surface area contributed by atoms with Gasteiger partial charge in [0.05, 0.1) is 12.2 Å². The fourth-order valence-corrected chi connectivity index (χ4v) is 1.09. The van der Waals surface area contributed by atoms with Crippen LogP contribution < -0.4 is 10.1 Å². The van der Waals surface area contributed by atoms with E-state index < -0.39 is 0 Å². The van der Waals surface area contributed by atoms with Crippen molar-refractivity contribution in [2.75, 3.05) is 13.2 Å². The predicted molar refractivity (Wildman–Crippen MR) is 58.4 cm³/mol. The summed E-state index contributed by atoms with van der Waals surface area (Å²) in [4.78, 5) is 24.1. The third-order valence-corrected chi connectivity index (χ3v) is 1.74. The number of carbonyl (C=O) groups excluding carboxylic acids is 2. The highest BCUT2D eigenvalue weighted by molar-refractivity contribution is 5.72. The Bertz CT molecular complexity index is 411. The molecule has 0 aliphatic heterocycles. The van der Waals surface area contributed by atoms with Gasteiger partial charge in [0.15, 0.2) is 0 Å². The largest absolute Gasteiger partial charge is 0.492 e. The van der Waals surface area contributed by atoms with Gasteiger partial charge in [-0.2, -0.15) is 4.99 Å². The van der Waals surface area contributed by atoms with Gasteiger partial charge in [-0.3, -0.25) is 4.79 Å². The van der Waals surface area contributed by atoms with Gasteiger partial charge in [0.25, 0.3) is 0 Å². The van der Waals surface area contributed by atoms with E-state index in [1.54, 1.807) is 24.3 Å². The van der Waals surface area contributed by atoms with E-state index in [1.807, 2.05) is 0 Å². The van der Waals surface area contributed by atoms with Crippen molar-refractivity contribution in [2.24, 2.45) is 4.99 Å². The molecule has 0 heterocycles. The molecule has 0 atom stereocenters. The zero-order valence-electron chi connectivity index (χ0n) is 8.90. The van der Waals surface area contributed by atoms with Crippen LogP contribution in [0.15, 0.2) is 29.3 Å². The number of rotatable bonds is 5. The second-order valence-corrected chi connectivity index (χ2v) is 3.03. The Hall–Kier alpha value is -2.13. The van der Waals surface area contributed by atoms with E-state index in [1.165, 1.54) is 13.0 Å². The number of ether oxygens (including phenoxy) is 1. The molecule has 0 aromatic heterocycles. The van der Waals surface area contributed by atoms with Crippen molar-refractivity contribution in [3.63, 3.8) is 0 Å². The van der Waals surface area contributed by atoms with E-state index in [2.05, 4.69) is 10.3 Å². The topological polar surface area (TPSA) is 67.8 Å². The normalized spacial score (nSPS) is 9.06. The van der Waals surface area contributed by atoms with Crippen molar-refractivity contribution >= 4 is 17.7 Å². The first-order valence-electron chi connectivity index (χ1n) is 4.77. The standard InChI is InChI=1S/C11H12N2O3/c1-9(15)12-5-6-16-11-4-2-3-10(7-11)13-8-14/h2-4,7H,5-6H2,1H3,(H,12,15). The molecule has 1 amide bonds. The molecule has 0 aliphatic carbocycles. The number of nitrogens with one attached hydrogen (secondary N) is 1. The van der Waals surface area contributed by atoms with Crippen LogP contribution >= 0.6 is 0 Å². The Kier molecular flexibility index (Phi) is 4.76. The van der Waals surface area contributed by atoms with Crippen molar-refractivity contribution in [1.29, 1.82) is 0 Å². The number of hydrogen-bond donors (Lipinski definition) is 1. The number of isocyanates is 1. The Morgan fingerprint density at radius 1 is 1.56 bits per heavy atom. The van der Waals surface area contributed by atoms with Crippen molar-refractivity contribution in [3.05, 3.63) is 24.3 Å². The SMILES string of the molecule is CC(=O)NCCOc1cccc(N=C=O)c1. The van der Waals surface area contributed by atoms with Gasteiger partial charge in [-0.15, -0.1) is 0 Å². The highest BCUT2D eigenvalue weighted by Gasteiger charge is 1.96. The molecule has 0 aliphatic rings. The van der Waals surface area contributed by atoms with Crippen LogP contribution in [0.1, 0.15) is 6.92 Å². The minimum absolute atomic E-state index is 0.0945. The monoisotopic (exact) mass is 220 g/mol. The molecule has 1 rings (SSSR count). The van der Waals surface area contributed by atoms with Crippen LogP contribution in [-0.4, -0.2) is 25.1 Å². The van der Waals surface area contributed by atoms with E-state index in [-0.39, 0.29) is 5.91 Å². The fraction of sp³-hybridized carbons (Fsp3) is 0.273. The zero-order valence-corrected chi connectivity index (χ0v) is 8.90. The summed E-state index contributed by atoms with van der Waals surface area (Å²) in [5.41, 5.74) is 0.493. The van der Waals surface area contributed by atoms with Gasteiger partial charge < -0.3 is 10.1 Å². The summed E-state index contributed by atoms with van der Waals surface area (Å²) >= 11 is 0. The Balaban J connectivity index is 2.44. The first kappa shape index (κ1) is 11.9. The zero-order chi connectivity index (χ0) is 11.8. The molecular formula is C11H12N2O3.